The molecule has 4 heterocycles. The second kappa shape index (κ2) is 9.51. The summed E-state index contributed by atoms with van der Waals surface area (Å²) in [6, 6.07) is 10.0. The lowest BCUT2D eigenvalue weighted by Gasteiger charge is -2.27. The van der Waals surface area contributed by atoms with Crippen LogP contribution in [0.5, 0.6) is 0 Å². The van der Waals surface area contributed by atoms with E-state index in [1.165, 1.54) is 0 Å². The highest BCUT2D eigenvalue weighted by atomic mass is 16.5. The Morgan fingerprint density at radius 1 is 0.871 bits per heavy atom. The summed E-state index contributed by atoms with van der Waals surface area (Å²) in [4.78, 5) is 23.5. The SMILES string of the molecule is c1ccc(-c2nc(NCCN3CCOCC3)c3cnc(N4CCOCC4)nc3n2)cc1. The number of aromatic nitrogens is 4. The summed E-state index contributed by atoms with van der Waals surface area (Å²) in [6.45, 7) is 8.19. The van der Waals surface area contributed by atoms with Gasteiger partial charge in [-0.25, -0.2) is 15.0 Å². The van der Waals surface area contributed by atoms with E-state index in [1.54, 1.807) is 0 Å². The molecule has 0 aliphatic carbocycles. The van der Waals surface area contributed by atoms with Crippen molar-refractivity contribution >= 4 is 22.8 Å². The molecule has 0 radical (unpaired) electrons. The Kier molecular flexibility index (Phi) is 6.15. The van der Waals surface area contributed by atoms with Crippen molar-refractivity contribution in [3.05, 3.63) is 36.5 Å². The van der Waals surface area contributed by atoms with Crippen molar-refractivity contribution in [2.24, 2.45) is 0 Å². The number of rotatable bonds is 6. The maximum Gasteiger partial charge on any atom is 0.227 e. The van der Waals surface area contributed by atoms with E-state index in [-0.39, 0.29) is 0 Å². The molecule has 9 nitrogen and oxygen atoms in total. The van der Waals surface area contributed by atoms with E-state index >= 15 is 0 Å². The molecule has 1 N–H and O–H groups in total. The average Bonchev–Trinajstić information content (AvgIpc) is 2.85. The lowest BCUT2D eigenvalue weighted by Crippen LogP contribution is -2.39. The second-order valence-corrected chi connectivity index (χ2v) is 7.65. The molecule has 2 fully saturated rings. The number of fused-ring (bicyclic) bond motifs is 1. The lowest BCUT2D eigenvalue weighted by molar-refractivity contribution is 0.0398. The molecule has 31 heavy (non-hydrogen) atoms. The predicted molar refractivity (Wildman–Crippen MR) is 119 cm³/mol. The van der Waals surface area contributed by atoms with Gasteiger partial charge in [0, 0.05) is 51.0 Å². The van der Waals surface area contributed by atoms with Gasteiger partial charge in [-0.1, -0.05) is 30.3 Å². The number of anilines is 2. The Morgan fingerprint density at radius 3 is 2.39 bits per heavy atom. The van der Waals surface area contributed by atoms with Gasteiger partial charge < -0.3 is 19.7 Å². The van der Waals surface area contributed by atoms with Gasteiger partial charge >= 0.3 is 0 Å². The molecule has 2 aromatic heterocycles. The van der Waals surface area contributed by atoms with E-state index < -0.39 is 0 Å². The summed E-state index contributed by atoms with van der Waals surface area (Å²) < 4.78 is 10.9. The molecule has 0 spiro atoms. The third-order valence-electron chi connectivity index (χ3n) is 5.59. The zero-order valence-electron chi connectivity index (χ0n) is 17.5. The van der Waals surface area contributed by atoms with Gasteiger partial charge in [0.15, 0.2) is 11.5 Å². The third-order valence-corrected chi connectivity index (χ3v) is 5.59. The normalized spacial score (nSPS) is 17.7. The van der Waals surface area contributed by atoms with Gasteiger partial charge in [-0.3, -0.25) is 4.90 Å². The number of benzene rings is 1. The number of nitrogens with one attached hydrogen (secondary N) is 1. The van der Waals surface area contributed by atoms with Crippen molar-refractivity contribution in [3.8, 4) is 11.4 Å². The molecule has 162 valence electrons. The minimum Gasteiger partial charge on any atom is -0.379 e. The van der Waals surface area contributed by atoms with Gasteiger partial charge in [-0.15, -0.1) is 0 Å². The topological polar surface area (TPSA) is 88.5 Å². The summed E-state index contributed by atoms with van der Waals surface area (Å²) in [5, 5.41) is 4.33. The van der Waals surface area contributed by atoms with E-state index in [4.69, 9.17) is 24.4 Å². The van der Waals surface area contributed by atoms with Crippen molar-refractivity contribution in [3.63, 3.8) is 0 Å². The van der Waals surface area contributed by atoms with Crippen LogP contribution in [-0.2, 0) is 9.47 Å². The van der Waals surface area contributed by atoms with Gasteiger partial charge in [-0.05, 0) is 0 Å². The number of hydrogen-bond acceptors (Lipinski definition) is 9. The van der Waals surface area contributed by atoms with Crippen LogP contribution >= 0.6 is 0 Å². The van der Waals surface area contributed by atoms with Crippen molar-refractivity contribution < 1.29 is 9.47 Å². The van der Waals surface area contributed by atoms with Crippen LogP contribution < -0.4 is 10.2 Å². The molecule has 2 aliphatic heterocycles. The molecule has 9 heteroatoms. The van der Waals surface area contributed by atoms with Crippen LogP contribution in [0, 0.1) is 0 Å². The number of ether oxygens (including phenoxy) is 2. The molecule has 2 aliphatic rings. The minimum atomic E-state index is 0.652. The van der Waals surface area contributed by atoms with Gasteiger partial charge in [0.25, 0.3) is 0 Å². The lowest BCUT2D eigenvalue weighted by atomic mass is 10.2. The molecule has 2 saturated heterocycles. The summed E-state index contributed by atoms with van der Waals surface area (Å²) in [7, 11) is 0. The van der Waals surface area contributed by atoms with E-state index in [0.717, 1.165) is 69.2 Å². The van der Waals surface area contributed by atoms with Gasteiger partial charge in [0.2, 0.25) is 5.95 Å². The van der Waals surface area contributed by atoms with Crippen LogP contribution in [0.2, 0.25) is 0 Å². The number of hydrogen-bond donors (Lipinski definition) is 1. The van der Waals surface area contributed by atoms with Crippen molar-refractivity contribution in [1.29, 1.82) is 0 Å². The summed E-state index contributed by atoms with van der Waals surface area (Å²) >= 11 is 0. The highest BCUT2D eigenvalue weighted by Gasteiger charge is 2.17. The van der Waals surface area contributed by atoms with Gasteiger partial charge in [0.05, 0.1) is 31.8 Å². The first kappa shape index (κ1) is 20.0. The molecular weight excluding hydrogens is 394 g/mol. The van der Waals surface area contributed by atoms with Gasteiger partial charge in [-0.2, -0.15) is 4.98 Å². The Morgan fingerprint density at radius 2 is 1.61 bits per heavy atom. The molecule has 0 amide bonds. The fourth-order valence-electron chi connectivity index (χ4n) is 3.83. The van der Waals surface area contributed by atoms with E-state index in [1.807, 2.05) is 36.5 Å². The highest BCUT2D eigenvalue weighted by molar-refractivity contribution is 5.88. The predicted octanol–water partition coefficient (Wildman–Crippen LogP) is 1.67. The first-order chi connectivity index (χ1) is 15.4. The monoisotopic (exact) mass is 421 g/mol. The molecule has 0 saturated carbocycles. The highest BCUT2D eigenvalue weighted by Crippen LogP contribution is 2.25. The maximum atomic E-state index is 5.45. The first-order valence-electron chi connectivity index (χ1n) is 10.8. The van der Waals surface area contributed by atoms with E-state index in [9.17, 15) is 0 Å². The fourth-order valence-corrected chi connectivity index (χ4v) is 3.83. The van der Waals surface area contributed by atoms with Crippen LogP contribution in [-0.4, -0.2) is 90.5 Å². The van der Waals surface area contributed by atoms with Gasteiger partial charge in [0.1, 0.15) is 5.82 Å². The van der Waals surface area contributed by atoms with Crippen LogP contribution in [0.15, 0.2) is 36.5 Å². The Bertz CT molecular complexity index is 1010. The fraction of sp³-hybridized carbons (Fsp3) is 0.455. The molecule has 0 unspecified atom stereocenters. The second-order valence-electron chi connectivity index (χ2n) is 7.65. The zero-order chi connectivity index (χ0) is 20.9. The molecule has 0 atom stereocenters. The average molecular weight is 422 g/mol. The number of morpholine rings is 2. The standard InChI is InChI=1S/C22H27N7O2/c1-2-4-17(5-3-1)19-25-20(23-6-7-28-8-12-30-13-9-28)18-16-24-22(27-21(18)26-19)29-10-14-31-15-11-29/h1-5,16H,6-15H2,(H,23,24,25,26,27). The van der Waals surface area contributed by atoms with Crippen molar-refractivity contribution in [2.75, 3.05) is 75.9 Å². The molecule has 1 aromatic carbocycles. The van der Waals surface area contributed by atoms with E-state index in [2.05, 4.69) is 20.1 Å². The van der Waals surface area contributed by atoms with Crippen molar-refractivity contribution in [2.45, 2.75) is 0 Å². The van der Waals surface area contributed by atoms with E-state index in [0.29, 0.717) is 30.6 Å². The summed E-state index contributed by atoms with van der Waals surface area (Å²) in [6.07, 6.45) is 1.83. The zero-order valence-corrected chi connectivity index (χ0v) is 17.5. The smallest absolute Gasteiger partial charge is 0.227 e. The summed E-state index contributed by atoms with van der Waals surface area (Å²) in [5.41, 5.74) is 1.62. The largest absolute Gasteiger partial charge is 0.379 e. The molecule has 5 rings (SSSR count). The number of nitrogens with zero attached hydrogens (tertiary/aromatic N) is 6. The summed E-state index contributed by atoms with van der Waals surface area (Å²) in [5.74, 6) is 2.12. The third kappa shape index (κ3) is 4.73. The van der Waals surface area contributed by atoms with Crippen LogP contribution in [0.4, 0.5) is 11.8 Å². The molecule has 0 bridgehead atoms. The van der Waals surface area contributed by atoms with Crippen LogP contribution in [0.25, 0.3) is 22.4 Å². The Labute approximate surface area is 181 Å². The molecule has 3 aromatic rings. The maximum absolute atomic E-state index is 5.45. The van der Waals surface area contributed by atoms with Crippen LogP contribution in [0.1, 0.15) is 0 Å². The Hall–Kier alpha value is -2.88. The quantitative estimate of drug-likeness (QED) is 0.638. The van der Waals surface area contributed by atoms with Crippen molar-refractivity contribution in [1.82, 2.24) is 24.8 Å². The minimum absolute atomic E-state index is 0.652. The molecular formula is C22H27N7O2. The first-order valence-corrected chi connectivity index (χ1v) is 10.8. The Balaban J connectivity index is 1.44. The van der Waals surface area contributed by atoms with Crippen LogP contribution in [0.3, 0.4) is 0 Å².